The van der Waals surface area contributed by atoms with Crippen LogP contribution in [0.2, 0.25) is 0 Å². The van der Waals surface area contributed by atoms with E-state index in [1.165, 1.54) is 7.11 Å². The molecule has 0 radical (unpaired) electrons. The maximum Gasteiger partial charge on any atom is 0.255 e. The second kappa shape index (κ2) is 5.98. The second-order valence-electron chi connectivity index (χ2n) is 3.65. The Labute approximate surface area is 101 Å². The molecule has 0 saturated carbocycles. The van der Waals surface area contributed by atoms with Crippen LogP contribution in [-0.4, -0.2) is 26.6 Å². The average molecular weight is 237 g/mol. The van der Waals surface area contributed by atoms with Gasteiger partial charge in [0.1, 0.15) is 5.75 Å². The Bertz CT molecular complexity index is 405. The standard InChI is InChI=1S/C12H19N3O2/c1-4-5-15-12(16)8-6-9(13)10(14-2)7-11(8)17-3/h6-7,14H,4-5,13H2,1-3H3,(H,15,16). The van der Waals surface area contributed by atoms with E-state index in [2.05, 4.69) is 10.6 Å². The molecule has 0 aliphatic carbocycles. The summed E-state index contributed by atoms with van der Waals surface area (Å²) in [6.45, 7) is 2.63. The zero-order valence-corrected chi connectivity index (χ0v) is 10.5. The Morgan fingerprint density at radius 3 is 2.71 bits per heavy atom. The fraction of sp³-hybridized carbons (Fsp3) is 0.417. The first-order chi connectivity index (χ1) is 8.13. The van der Waals surface area contributed by atoms with E-state index in [0.29, 0.717) is 23.5 Å². The van der Waals surface area contributed by atoms with Crippen LogP contribution in [-0.2, 0) is 0 Å². The molecule has 0 heterocycles. The molecule has 0 unspecified atom stereocenters. The molecule has 1 rings (SSSR count). The fourth-order valence-corrected chi connectivity index (χ4v) is 1.49. The summed E-state index contributed by atoms with van der Waals surface area (Å²) in [6, 6.07) is 3.34. The summed E-state index contributed by atoms with van der Waals surface area (Å²) in [7, 11) is 3.30. The Balaban J connectivity index is 3.05. The number of nitrogens with one attached hydrogen (secondary N) is 2. The highest BCUT2D eigenvalue weighted by molar-refractivity contribution is 5.99. The average Bonchev–Trinajstić information content (AvgIpc) is 2.35. The molecule has 1 aromatic carbocycles. The van der Waals surface area contributed by atoms with Gasteiger partial charge in [0.25, 0.3) is 5.91 Å². The van der Waals surface area contributed by atoms with Crippen LogP contribution in [0.25, 0.3) is 0 Å². The third-order valence-electron chi connectivity index (χ3n) is 2.42. The normalized spacial score (nSPS) is 9.82. The van der Waals surface area contributed by atoms with Crippen LogP contribution in [0.1, 0.15) is 23.7 Å². The van der Waals surface area contributed by atoms with Gasteiger partial charge in [-0.15, -0.1) is 0 Å². The van der Waals surface area contributed by atoms with Crippen LogP contribution in [0.3, 0.4) is 0 Å². The summed E-state index contributed by atoms with van der Waals surface area (Å²) in [5.41, 5.74) is 7.55. The SMILES string of the molecule is CCCNC(=O)c1cc(N)c(NC)cc1OC. The Morgan fingerprint density at radius 1 is 1.47 bits per heavy atom. The van der Waals surface area contributed by atoms with Crippen molar-refractivity contribution in [2.45, 2.75) is 13.3 Å². The number of methoxy groups -OCH3 is 1. The maximum atomic E-state index is 11.9. The lowest BCUT2D eigenvalue weighted by atomic mass is 10.1. The van der Waals surface area contributed by atoms with Crippen molar-refractivity contribution in [2.24, 2.45) is 0 Å². The zero-order valence-electron chi connectivity index (χ0n) is 10.5. The van der Waals surface area contributed by atoms with Crippen molar-refractivity contribution in [1.82, 2.24) is 5.32 Å². The first-order valence-electron chi connectivity index (χ1n) is 5.57. The van der Waals surface area contributed by atoms with Gasteiger partial charge in [-0.05, 0) is 12.5 Å². The van der Waals surface area contributed by atoms with Gasteiger partial charge >= 0.3 is 0 Å². The lowest BCUT2D eigenvalue weighted by Crippen LogP contribution is -2.24. The second-order valence-corrected chi connectivity index (χ2v) is 3.65. The highest BCUT2D eigenvalue weighted by atomic mass is 16.5. The van der Waals surface area contributed by atoms with Crippen LogP contribution in [0.5, 0.6) is 5.75 Å². The molecule has 1 aromatic rings. The van der Waals surface area contributed by atoms with Gasteiger partial charge in [0, 0.05) is 19.7 Å². The van der Waals surface area contributed by atoms with Crippen molar-refractivity contribution in [3.05, 3.63) is 17.7 Å². The highest BCUT2D eigenvalue weighted by Crippen LogP contribution is 2.28. The number of amides is 1. The molecule has 4 N–H and O–H groups in total. The minimum absolute atomic E-state index is 0.168. The van der Waals surface area contributed by atoms with Crippen molar-refractivity contribution in [2.75, 3.05) is 31.8 Å². The van der Waals surface area contributed by atoms with Gasteiger partial charge in [-0.1, -0.05) is 6.92 Å². The smallest absolute Gasteiger partial charge is 0.255 e. The van der Waals surface area contributed by atoms with Gasteiger partial charge in [-0.25, -0.2) is 0 Å². The summed E-state index contributed by atoms with van der Waals surface area (Å²) >= 11 is 0. The number of nitrogen functional groups attached to an aromatic ring is 1. The molecule has 0 bridgehead atoms. The van der Waals surface area contributed by atoms with Gasteiger partial charge < -0.3 is 21.1 Å². The van der Waals surface area contributed by atoms with E-state index < -0.39 is 0 Å². The third kappa shape index (κ3) is 3.03. The number of ether oxygens (including phenoxy) is 1. The first kappa shape index (κ1) is 13.2. The predicted molar refractivity (Wildman–Crippen MR) is 69.6 cm³/mol. The molecule has 0 aromatic heterocycles. The lowest BCUT2D eigenvalue weighted by Gasteiger charge is -2.13. The van der Waals surface area contributed by atoms with Gasteiger partial charge in [0.15, 0.2) is 0 Å². The Hall–Kier alpha value is -1.91. The first-order valence-corrected chi connectivity index (χ1v) is 5.57. The minimum Gasteiger partial charge on any atom is -0.496 e. The van der Waals surface area contributed by atoms with Crippen molar-refractivity contribution in [1.29, 1.82) is 0 Å². The minimum atomic E-state index is -0.168. The summed E-state index contributed by atoms with van der Waals surface area (Å²) in [4.78, 5) is 11.9. The Morgan fingerprint density at radius 2 is 2.18 bits per heavy atom. The zero-order chi connectivity index (χ0) is 12.8. The monoisotopic (exact) mass is 237 g/mol. The van der Waals surface area contributed by atoms with Crippen molar-refractivity contribution >= 4 is 17.3 Å². The van der Waals surface area contributed by atoms with E-state index in [9.17, 15) is 4.79 Å². The topological polar surface area (TPSA) is 76.4 Å². The molecule has 17 heavy (non-hydrogen) atoms. The van der Waals surface area contributed by atoms with E-state index in [1.807, 2.05) is 6.92 Å². The number of carbonyl (C=O) groups is 1. The van der Waals surface area contributed by atoms with Crippen LogP contribution >= 0.6 is 0 Å². The van der Waals surface area contributed by atoms with Gasteiger partial charge in [-0.3, -0.25) is 4.79 Å². The van der Waals surface area contributed by atoms with E-state index in [4.69, 9.17) is 10.5 Å². The largest absolute Gasteiger partial charge is 0.496 e. The van der Waals surface area contributed by atoms with E-state index in [0.717, 1.165) is 12.1 Å². The van der Waals surface area contributed by atoms with Crippen LogP contribution < -0.4 is 21.1 Å². The predicted octanol–water partition coefficient (Wildman–Crippen LogP) is 1.46. The van der Waals surface area contributed by atoms with Gasteiger partial charge in [0.05, 0.1) is 24.0 Å². The quantitative estimate of drug-likeness (QED) is 0.678. The highest BCUT2D eigenvalue weighted by Gasteiger charge is 2.14. The molecule has 5 nitrogen and oxygen atoms in total. The summed E-state index contributed by atoms with van der Waals surface area (Å²) in [6.07, 6.45) is 0.887. The molecular weight excluding hydrogens is 218 g/mol. The maximum absolute atomic E-state index is 11.9. The number of anilines is 2. The lowest BCUT2D eigenvalue weighted by molar-refractivity contribution is 0.0950. The third-order valence-corrected chi connectivity index (χ3v) is 2.42. The van der Waals surface area contributed by atoms with Crippen LogP contribution in [0, 0.1) is 0 Å². The van der Waals surface area contributed by atoms with Crippen LogP contribution in [0.4, 0.5) is 11.4 Å². The van der Waals surface area contributed by atoms with E-state index >= 15 is 0 Å². The molecule has 94 valence electrons. The number of hydrogen-bond acceptors (Lipinski definition) is 4. The molecule has 0 aliphatic rings. The number of hydrogen-bond donors (Lipinski definition) is 3. The van der Waals surface area contributed by atoms with Gasteiger partial charge in [-0.2, -0.15) is 0 Å². The molecule has 0 atom stereocenters. The number of rotatable bonds is 5. The molecule has 0 aliphatic heterocycles. The molecule has 0 spiro atoms. The number of carbonyl (C=O) groups excluding carboxylic acids is 1. The summed E-state index contributed by atoms with van der Waals surface area (Å²) < 4.78 is 5.19. The number of benzene rings is 1. The summed E-state index contributed by atoms with van der Waals surface area (Å²) in [5, 5.41) is 5.74. The van der Waals surface area contributed by atoms with Crippen molar-refractivity contribution < 1.29 is 9.53 Å². The number of nitrogens with two attached hydrogens (primary N) is 1. The van der Waals surface area contributed by atoms with Crippen molar-refractivity contribution in [3.8, 4) is 5.75 Å². The molecule has 5 heteroatoms. The molecule has 1 amide bonds. The van der Waals surface area contributed by atoms with Gasteiger partial charge in [0.2, 0.25) is 0 Å². The van der Waals surface area contributed by atoms with E-state index in [-0.39, 0.29) is 5.91 Å². The Kier molecular flexibility index (Phi) is 4.63. The molecule has 0 fully saturated rings. The van der Waals surface area contributed by atoms with E-state index in [1.54, 1.807) is 19.2 Å². The summed E-state index contributed by atoms with van der Waals surface area (Å²) in [5.74, 6) is 0.343. The van der Waals surface area contributed by atoms with Crippen LogP contribution in [0.15, 0.2) is 12.1 Å². The fourth-order valence-electron chi connectivity index (χ4n) is 1.49. The van der Waals surface area contributed by atoms with Crippen molar-refractivity contribution in [3.63, 3.8) is 0 Å². The molecular formula is C12H19N3O2. The molecule has 0 saturated heterocycles.